The first-order chi connectivity index (χ1) is 12.1. The Labute approximate surface area is 151 Å². The maximum atomic E-state index is 12.5. The van der Waals surface area contributed by atoms with Crippen molar-refractivity contribution in [2.45, 2.75) is 57.9 Å². The van der Waals surface area contributed by atoms with Crippen molar-refractivity contribution in [1.82, 2.24) is 10.2 Å². The molecule has 1 aromatic rings. The van der Waals surface area contributed by atoms with E-state index in [4.69, 9.17) is 0 Å². The molecule has 3 rings (SSSR count). The fourth-order valence-electron chi connectivity index (χ4n) is 3.52. The number of nitrogens with one attached hydrogen (secondary N) is 1. The SMILES string of the molecule is C[C@H](CCc1ccccc1)CC(=O)N1CCC(C(=O)NC2CC2)CC1. The van der Waals surface area contributed by atoms with E-state index in [0.717, 1.165) is 51.6 Å². The third-order valence-electron chi connectivity index (χ3n) is 5.43. The Morgan fingerprint density at radius 1 is 1.12 bits per heavy atom. The number of carbonyl (C=O) groups is 2. The fourth-order valence-corrected chi connectivity index (χ4v) is 3.52. The minimum Gasteiger partial charge on any atom is -0.353 e. The number of likely N-dealkylation sites (tertiary alicyclic amines) is 1. The van der Waals surface area contributed by atoms with Crippen LogP contribution in [0.15, 0.2) is 30.3 Å². The molecule has 1 aliphatic carbocycles. The minimum atomic E-state index is 0.0974. The molecule has 1 N–H and O–H groups in total. The molecule has 1 aromatic carbocycles. The summed E-state index contributed by atoms with van der Waals surface area (Å²) in [5, 5.41) is 3.09. The highest BCUT2D eigenvalue weighted by molar-refractivity contribution is 5.80. The van der Waals surface area contributed by atoms with Gasteiger partial charge in [0.2, 0.25) is 11.8 Å². The Kier molecular flexibility index (Phi) is 6.11. The average molecular weight is 342 g/mol. The Hall–Kier alpha value is -1.84. The zero-order valence-electron chi connectivity index (χ0n) is 15.2. The van der Waals surface area contributed by atoms with Crippen LogP contribution in [-0.2, 0) is 16.0 Å². The normalized spacial score (nSPS) is 19.5. The summed E-state index contributed by atoms with van der Waals surface area (Å²) in [6.45, 7) is 3.62. The van der Waals surface area contributed by atoms with Gasteiger partial charge in [-0.05, 0) is 50.0 Å². The number of piperidine rings is 1. The van der Waals surface area contributed by atoms with Crippen molar-refractivity contribution in [1.29, 1.82) is 0 Å². The van der Waals surface area contributed by atoms with Gasteiger partial charge in [0, 0.05) is 31.5 Å². The Balaban J connectivity index is 1.36. The smallest absolute Gasteiger partial charge is 0.223 e. The number of nitrogens with zero attached hydrogens (tertiary/aromatic N) is 1. The lowest BCUT2D eigenvalue weighted by Gasteiger charge is -2.32. The van der Waals surface area contributed by atoms with Crippen LogP contribution >= 0.6 is 0 Å². The van der Waals surface area contributed by atoms with E-state index in [0.29, 0.717) is 18.4 Å². The zero-order chi connectivity index (χ0) is 17.6. The molecule has 1 saturated carbocycles. The molecule has 0 unspecified atom stereocenters. The molecule has 1 aliphatic heterocycles. The van der Waals surface area contributed by atoms with Crippen molar-refractivity contribution >= 4 is 11.8 Å². The molecule has 0 aromatic heterocycles. The summed E-state index contributed by atoms with van der Waals surface area (Å²) < 4.78 is 0. The van der Waals surface area contributed by atoms with Crippen molar-refractivity contribution < 1.29 is 9.59 Å². The molecule has 1 atom stereocenters. The van der Waals surface area contributed by atoms with Crippen LogP contribution in [0.25, 0.3) is 0 Å². The highest BCUT2D eigenvalue weighted by Gasteiger charge is 2.31. The molecule has 1 saturated heterocycles. The summed E-state index contributed by atoms with van der Waals surface area (Å²) in [4.78, 5) is 26.6. The quantitative estimate of drug-likeness (QED) is 0.827. The summed E-state index contributed by atoms with van der Waals surface area (Å²) in [6.07, 6.45) is 6.56. The second-order valence-corrected chi connectivity index (χ2v) is 7.77. The molecule has 4 nitrogen and oxygen atoms in total. The lowest BCUT2D eigenvalue weighted by molar-refractivity contribution is -0.136. The van der Waals surface area contributed by atoms with Gasteiger partial charge in [0.25, 0.3) is 0 Å². The van der Waals surface area contributed by atoms with Gasteiger partial charge in [-0.25, -0.2) is 0 Å². The van der Waals surface area contributed by atoms with Crippen LogP contribution in [0, 0.1) is 11.8 Å². The van der Waals surface area contributed by atoms with E-state index in [9.17, 15) is 9.59 Å². The van der Waals surface area contributed by atoms with Crippen LogP contribution in [0.4, 0.5) is 0 Å². The van der Waals surface area contributed by atoms with Crippen molar-refractivity contribution in [2.24, 2.45) is 11.8 Å². The molecule has 4 heteroatoms. The van der Waals surface area contributed by atoms with Gasteiger partial charge in [-0.15, -0.1) is 0 Å². The van der Waals surface area contributed by atoms with E-state index >= 15 is 0 Å². The minimum absolute atomic E-state index is 0.0974. The maximum Gasteiger partial charge on any atom is 0.223 e. The van der Waals surface area contributed by atoms with Crippen molar-refractivity contribution in [3.63, 3.8) is 0 Å². The molecule has 2 aliphatic rings. The summed E-state index contributed by atoms with van der Waals surface area (Å²) in [7, 11) is 0. The molecule has 0 radical (unpaired) electrons. The topological polar surface area (TPSA) is 49.4 Å². The molecule has 136 valence electrons. The predicted octanol–water partition coefficient (Wildman–Crippen LogP) is 3.16. The lowest BCUT2D eigenvalue weighted by atomic mass is 9.94. The molecule has 0 bridgehead atoms. The largest absolute Gasteiger partial charge is 0.353 e. The van der Waals surface area contributed by atoms with Gasteiger partial charge in [0.15, 0.2) is 0 Å². The molecule has 2 fully saturated rings. The molecule has 25 heavy (non-hydrogen) atoms. The molecular formula is C21H30N2O2. The van der Waals surface area contributed by atoms with Crippen LogP contribution in [0.1, 0.15) is 51.0 Å². The third-order valence-corrected chi connectivity index (χ3v) is 5.43. The number of hydrogen-bond donors (Lipinski definition) is 1. The summed E-state index contributed by atoms with van der Waals surface area (Å²) in [6, 6.07) is 10.9. The molecule has 0 spiro atoms. The Morgan fingerprint density at radius 3 is 2.44 bits per heavy atom. The average Bonchev–Trinajstić information content (AvgIpc) is 3.45. The second kappa shape index (κ2) is 8.50. The van der Waals surface area contributed by atoms with E-state index in [1.807, 2.05) is 11.0 Å². The first-order valence-corrected chi connectivity index (χ1v) is 9.74. The number of rotatable bonds is 7. The second-order valence-electron chi connectivity index (χ2n) is 7.77. The van der Waals surface area contributed by atoms with Crippen LogP contribution in [0.2, 0.25) is 0 Å². The van der Waals surface area contributed by atoms with Gasteiger partial charge >= 0.3 is 0 Å². The molecule has 2 amide bonds. The Bertz CT molecular complexity index is 575. The summed E-state index contributed by atoms with van der Waals surface area (Å²) >= 11 is 0. The van der Waals surface area contributed by atoms with Gasteiger partial charge in [-0.1, -0.05) is 37.3 Å². The number of benzene rings is 1. The standard InChI is InChI=1S/C21H30N2O2/c1-16(7-8-17-5-3-2-4-6-17)15-20(24)23-13-11-18(12-14-23)21(25)22-19-9-10-19/h2-6,16,18-19H,7-15H2,1H3,(H,22,25)/t16-/m1/s1. The predicted molar refractivity (Wildman–Crippen MR) is 99.0 cm³/mol. The summed E-state index contributed by atoms with van der Waals surface area (Å²) in [5.41, 5.74) is 1.34. The van der Waals surface area contributed by atoms with Crippen molar-refractivity contribution in [3.8, 4) is 0 Å². The monoisotopic (exact) mass is 342 g/mol. The van der Waals surface area contributed by atoms with Crippen LogP contribution in [0.5, 0.6) is 0 Å². The Morgan fingerprint density at radius 2 is 1.80 bits per heavy atom. The number of hydrogen-bond acceptors (Lipinski definition) is 2. The van der Waals surface area contributed by atoms with Gasteiger partial charge in [0.05, 0.1) is 0 Å². The first kappa shape index (κ1) is 18.0. The van der Waals surface area contributed by atoms with Gasteiger partial charge in [0.1, 0.15) is 0 Å². The number of aryl methyl sites for hydroxylation is 1. The van der Waals surface area contributed by atoms with E-state index in [1.54, 1.807) is 0 Å². The molecular weight excluding hydrogens is 312 g/mol. The van der Waals surface area contributed by atoms with Crippen molar-refractivity contribution in [3.05, 3.63) is 35.9 Å². The van der Waals surface area contributed by atoms with Crippen molar-refractivity contribution in [2.75, 3.05) is 13.1 Å². The zero-order valence-corrected chi connectivity index (χ0v) is 15.2. The highest BCUT2D eigenvalue weighted by atomic mass is 16.2. The van der Waals surface area contributed by atoms with Gasteiger partial charge < -0.3 is 10.2 Å². The summed E-state index contributed by atoms with van der Waals surface area (Å²) in [5.74, 6) is 0.941. The van der Waals surface area contributed by atoms with Gasteiger partial charge in [-0.2, -0.15) is 0 Å². The number of amides is 2. The van der Waals surface area contributed by atoms with Gasteiger partial charge in [-0.3, -0.25) is 9.59 Å². The maximum absolute atomic E-state index is 12.5. The highest BCUT2D eigenvalue weighted by Crippen LogP contribution is 2.23. The van der Waals surface area contributed by atoms with E-state index in [2.05, 4.69) is 36.5 Å². The molecule has 1 heterocycles. The third kappa shape index (κ3) is 5.58. The first-order valence-electron chi connectivity index (χ1n) is 9.74. The fraction of sp³-hybridized carbons (Fsp3) is 0.619. The van der Waals surface area contributed by atoms with Crippen LogP contribution in [0.3, 0.4) is 0 Å². The van der Waals surface area contributed by atoms with E-state index < -0.39 is 0 Å². The van der Waals surface area contributed by atoms with E-state index in [-0.39, 0.29) is 17.7 Å². The van der Waals surface area contributed by atoms with Crippen LogP contribution in [-0.4, -0.2) is 35.8 Å². The number of carbonyl (C=O) groups excluding carboxylic acids is 2. The lowest BCUT2D eigenvalue weighted by Crippen LogP contribution is -2.43. The van der Waals surface area contributed by atoms with Crippen LogP contribution < -0.4 is 5.32 Å². The van der Waals surface area contributed by atoms with E-state index in [1.165, 1.54) is 5.56 Å².